The fourth-order valence-corrected chi connectivity index (χ4v) is 1.50. The van der Waals surface area contributed by atoms with E-state index in [9.17, 15) is 9.18 Å². The molecule has 86 valence electrons. The predicted octanol–water partition coefficient (Wildman–Crippen LogP) is 3.47. The minimum absolute atomic E-state index is 0.309. The van der Waals surface area contributed by atoms with Crippen LogP contribution in [0.1, 0.15) is 18.1 Å². The number of aryl methyl sites for hydroxylation is 1. The van der Waals surface area contributed by atoms with Crippen LogP contribution in [0, 0.1) is 12.7 Å². The van der Waals surface area contributed by atoms with Crippen LogP contribution < -0.4 is 0 Å². The number of rotatable bonds is 3. The number of ether oxygens (including phenoxy) is 1. The van der Waals surface area contributed by atoms with Gasteiger partial charge in [0.2, 0.25) is 0 Å². The molecule has 1 aromatic rings. The quantitative estimate of drug-likeness (QED) is 0.628. The Bertz CT molecular complexity index is 427. The average Bonchev–Trinajstić information content (AvgIpc) is 2.22. The second-order valence-corrected chi connectivity index (χ2v) is 4.06. The topological polar surface area (TPSA) is 26.3 Å². The van der Waals surface area contributed by atoms with E-state index in [-0.39, 0.29) is 5.82 Å². The first-order valence-electron chi connectivity index (χ1n) is 4.85. The third kappa shape index (κ3) is 3.45. The Morgan fingerprint density at radius 2 is 2.25 bits per heavy atom. The van der Waals surface area contributed by atoms with Crippen molar-refractivity contribution < 1.29 is 13.9 Å². The molecule has 1 aromatic carbocycles. The normalized spacial score (nSPS) is 10.8. The standard InChI is InChI=1S/C12H12BrFO2/c1-3-16-12(15)5-4-9-7-10(13)8(2)6-11(9)14/h4-7H,3H2,1-2H3/b5-4+. The Labute approximate surface area is 102 Å². The van der Waals surface area contributed by atoms with E-state index in [1.165, 1.54) is 18.2 Å². The third-order valence-electron chi connectivity index (χ3n) is 1.96. The van der Waals surface area contributed by atoms with Crippen molar-refractivity contribution in [2.24, 2.45) is 0 Å². The van der Waals surface area contributed by atoms with Crippen molar-refractivity contribution >= 4 is 28.0 Å². The lowest BCUT2D eigenvalue weighted by molar-refractivity contribution is -0.137. The molecule has 0 saturated heterocycles. The molecule has 0 aliphatic heterocycles. The molecule has 0 heterocycles. The number of hydrogen-bond donors (Lipinski definition) is 0. The van der Waals surface area contributed by atoms with Gasteiger partial charge in [-0.25, -0.2) is 9.18 Å². The van der Waals surface area contributed by atoms with Crippen LogP contribution >= 0.6 is 15.9 Å². The molecule has 0 amide bonds. The van der Waals surface area contributed by atoms with E-state index in [4.69, 9.17) is 4.74 Å². The Morgan fingerprint density at radius 1 is 1.56 bits per heavy atom. The molecule has 4 heteroatoms. The number of esters is 1. The summed E-state index contributed by atoms with van der Waals surface area (Å²) in [6.45, 7) is 3.82. The summed E-state index contributed by atoms with van der Waals surface area (Å²) in [6, 6.07) is 3.04. The maximum atomic E-state index is 13.4. The van der Waals surface area contributed by atoms with Crippen molar-refractivity contribution in [1.82, 2.24) is 0 Å². The molecular formula is C12H12BrFO2. The van der Waals surface area contributed by atoms with Gasteiger partial charge in [0, 0.05) is 16.1 Å². The number of benzene rings is 1. The summed E-state index contributed by atoms with van der Waals surface area (Å²) < 4.78 is 18.9. The van der Waals surface area contributed by atoms with E-state index < -0.39 is 5.97 Å². The SMILES string of the molecule is CCOC(=O)/C=C/c1cc(Br)c(C)cc1F. The van der Waals surface area contributed by atoms with Gasteiger partial charge in [-0.05, 0) is 37.6 Å². The second-order valence-electron chi connectivity index (χ2n) is 3.21. The summed E-state index contributed by atoms with van der Waals surface area (Å²) in [5.74, 6) is -0.833. The van der Waals surface area contributed by atoms with Crippen molar-refractivity contribution in [2.45, 2.75) is 13.8 Å². The van der Waals surface area contributed by atoms with Crippen LogP contribution in [0.15, 0.2) is 22.7 Å². The highest BCUT2D eigenvalue weighted by Gasteiger charge is 2.03. The first-order valence-corrected chi connectivity index (χ1v) is 5.64. The summed E-state index contributed by atoms with van der Waals surface area (Å²) >= 11 is 3.30. The molecule has 0 saturated carbocycles. The highest BCUT2D eigenvalue weighted by Crippen LogP contribution is 2.21. The minimum Gasteiger partial charge on any atom is -0.463 e. The molecule has 1 rings (SSSR count). The van der Waals surface area contributed by atoms with Crippen LogP contribution in [0.3, 0.4) is 0 Å². The lowest BCUT2D eigenvalue weighted by Crippen LogP contribution is -1.98. The highest BCUT2D eigenvalue weighted by molar-refractivity contribution is 9.10. The van der Waals surface area contributed by atoms with Crippen LogP contribution in [0.4, 0.5) is 4.39 Å². The van der Waals surface area contributed by atoms with Crippen molar-refractivity contribution in [2.75, 3.05) is 6.61 Å². The van der Waals surface area contributed by atoms with Gasteiger partial charge in [-0.2, -0.15) is 0 Å². The molecule has 0 radical (unpaired) electrons. The Morgan fingerprint density at radius 3 is 2.88 bits per heavy atom. The van der Waals surface area contributed by atoms with E-state index in [0.717, 1.165) is 10.0 Å². The average molecular weight is 287 g/mol. The fourth-order valence-electron chi connectivity index (χ4n) is 1.14. The van der Waals surface area contributed by atoms with Crippen LogP contribution in [0.2, 0.25) is 0 Å². The van der Waals surface area contributed by atoms with E-state index in [1.807, 2.05) is 0 Å². The number of halogens is 2. The Kier molecular flexibility index (Phi) is 4.68. The molecule has 16 heavy (non-hydrogen) atoms. The van der Waals surface area contributed by atoms with Gasteiger partial charge >= 0.3 is 5.97 Å². The monoisotopic (exact) mass is 286 g/mol. The van der Waals surface area contributed by atoms with Crippen LogP contribution in [-0.4, -0.2) is 12.6 Å². The summed E-state index contributed by atoms with van der Waals surface area (Å²) in [7, 11) is 0. The lowest BCUT2D eigenvalue weighted by Gasteiger charge is -2.02. The van der Waals surface area contributed by atoms with Crippen LogP contribution in [0.25, 0.3) is 6.08 Å². The predicted molar refractivity (Wildman–Crippen MR) is 64.5 cm³/mol. The van der Waals surface area contributed by atoms with E-state index in [0.29, 0.717) is 12.2 Å². The maximum absolute atomic E-state index is 13.4. The van der Waals surface area contributed by atoms with Gasteiger partial charge < -0.3 is 4.74 Å². The molecule has 0 spiro atoms. The van der Waals surface area contributed by atoms with E-state index in [2.05, 4.69) is 15.9 Å². The zero-order chi connectivity index (χ0) is 12.1. The first-order chi connectivity index (χ1) is 7.54. The number of hydrogen-bond acceptors (Lipinski definition) is 2. The molecule has 0 bridgehead atoms. The molecule has 2 nitrogen and oxygen atoms in total. The van der Waals surface area contributed by atoms with Crippen molar-refractivity contribution in [3.8, 4) is 0 Å². The highest BCUT2D eigenvalue weighted by atomic mass is 79.9. The molecule has 0 aliphatic carbocycles. The molecule has 0 N–H and O–H groups in total. The summed E-state index contributed by atoms with van der Waals surface area (Å²) in [5, 5.41) is 0. The minimum atomic E-state index is -0.474. The van der Waals surface area contributed by atoms with Gasteiger partial charge in [-0.3, -0.25) is 0 Å². The maximum Gasteiger partial charge on any atom is 0.330 e. The molecule has 0 aliphatic rings. The number of carbonyl (C=O) groups excluding carboxylic acids is 1. The second kappa shape index (κ2) is 5.80. The van der Waals surface area contributed by atoms with E-state index >= 15 is 0 Å². The third-order valence-corrected chi connectivity index (χ3v) is 2.82. The van der Waals surface area contributed by atoms with E-state index in [1.54, 1.807) is 19.9 Å². The first kappa shape index (κ1) is 12.9. The van der Waals surface area contributed by atoms with Gasteiger partial charge in [-0.1, -0.05) is 15.9 Å². The van der Waals surface area contributed by atoms with Crippen LogP contribution in [0.5, 0.6) is 0 Å². The summed E-state index contributed by atoms with van der Waals surface area (Å²) in [4.78, 5) is 11.0. The summed E-state index contributed by atoms with van der Waals surface area (Å²) in [6.07, 6.45) is 2.61. The smallest absolute Gasteiger partial charge is 0.330 e. The van der Waals surface area contributed by atoms with Crippen molar-refractivity contribution in [3.63, 3.8) is 0 Å². The molecule has 0 atom stereocenters. The zero-order valence-corrected chi connectivity index (χ0v) is 10.7. The van der Waals surface area contributed by atoms with Gasteiger partial charge in [-0.15, -0.1) is 0 Å². The fraction of sp³-hybridized carbons (Fsp3) is 0.250. The molecular weight excluding hydrogens is 275 g/mol. The van der Waals surface area contributed by atoms with Gasteiger partial charge in [0.1, 0.15) is 5.82 Å². The molecule has 0 fully saturated rings. The van der Waals surface area contributed by atoms with Crippen LogP contribution in [-0.2, 0) is 9.53 Å². The van der Waals surface area contributed by atoms with Gasteiger partial charge in [0.15, 0.2) is 0 Å². The lowest BCUT2D eigenvalue weighted by atomic mass is 10.1. The molecule has 0 unspecified atom stereocenters. The Balaban J connectivity index is 2.89. The van der Waals surface area contributed by atoms with Gasteiger partial charge in [0.05, 0.1) is 6.61 Å². The van der Waals surface area contributed by atoms with Crippen molar-refractivity contribution in [1.29, 1.82) is 0 Å². The Hall–Kier alpha value is -1.16. The zero-order valence-electron chi connectivity index (χ0n) is 9.09. The molecule has 0 aromatic heterocycles. The summed E-state index contributed by atoms with van der Waals surface area (Å²) in [5.41, 5.74) is 1.16. The number of carbonyl (C=O) groups is 1. The van der Waals surface area contributed by atoms with Crippen molar-refractivity contribution in [3.05, 3.63) is 39.6 Å². The van der Waals surface area contributed by atoms with Gasteiger partial charge in [0.25, 0.3) is 0 Å². The largest absolute Gasteiger partial charge is 0.463 e.